The van der Waals surface area contributed by atoms with Crippen molar-refractivity contribution in [3.05, 3.63) is 51.3 Å². The minimum absolute atomic E-state index is 0.0659. The molecule has 0 unspecified atom stereocenters. The Morgan fingerprint density at radius 1 is 1.33 bits per heavy atom. The highest BCUT2D eigenvalue weighted by Crippen LogP contribution is 2.18. The van der Waals surface area contributed by atoms with E-state index in [-0.39, 0.29) is 36.6 Å². The molecule has 110 valence electrons. The topological polar surface area (TPSA) is 122 Å². The van der Waals surface area contributed by atoms with Crippen LogP contribution in [0.15, 0.2) is 35.6 Å². The zero-order valence-corrected chi connectivity index (χ0v) is 10.8. The minimum Gasteiger partial charge on any atom is -0.545 e. The lowest BCUT2D eigenvalue weighted by Gasteiger charge is -2.21. The van der Waals surface area contributed by atoms with Gasteiger partial charge in [-0.15, -0.1) is 0 Å². The van der Waals surface area contributed by atoms with Crippen molar-refractivity contribution in [1.29, 1.82) is 0 Å². The summed E-state index contributed by atoms with van der Waals surface area (Å²) in [6.07, 6.45) is 0.129. The first-order valence-corrected chi connectivity index (χ1v) is 6.08. The number of carbonyl (C=O) groups is 2. The van der Waals surface area contributed by atoms with Gasteiger partial charge in [-0.3, -0.25) is 14.9 Å². The number of benzene rings is 1. The summed E-state index contributed by atoms with van der Waals surface area (Å²) < 4.78 is 5.23. The summed E-state index contributed by atoms with van der Waals surface area (Å²) in [4.78, 5) is 32.5. The summed E-state index contributed by atoms with van der Waals surface area (Å²) in [6, 6.07) is 5.54. The number of rotatable bonds is 5. The highest BCUT2D eigenvalue weighted by molar-refractivity contribution is 6.01. The van der Waals surface area contributed by atoms with Crippen molar-refractivity contribution in [2.45, 2.75) is 13.0 Å². The maximum Gasteiger partial charge on any atom is 0.286 e. The molecule has 1 N–H and O–H groups in total. The number of aliphatic carboxylic acids is 1. The van der Waals surface area contributed by atoms with Crippen molar-refractivity contribution in [2.24, 2.45) is 0 Å². The number of nitro benzene ring substituents is 1. The smallest absolute Gasteiger partial charge is 0.286 e. The molecule has 0 aromatic heterocycles. The van der Waals surface area contributed by atoms with E-state index >= 15 is 0 Å². The maximum atomic E-state index is 11.6. The van der Waals surface area contributed by atoms with Gasteiger partial charge in [-0.05, 0) is 24.1 Å². The molecule has 8 nitrogen and oxygen atoms in total. The maximum absolute atomic E-state index is 11.6. The van der Waals surface area contributed by atoms with Crippen LogP contribution in [-0.2, 0) is 20.9 Å². The Labute approximate surface area is 119 Å². The fraction of sp³-hybridized carbons (Fsp3) is 0.231. The van der Waals surface area contributed by atoms with Crippen molar-refractivity contribution in [2.75, 3.05) is 6.54 Å². The molecule has 1 aliphatic heterocycles. The number of carboxylic acids is 1. The second-order valence-electron chi connectivity index (χ2n) is 4.31. The molecular formula is C13H11N2O6-. The normalized spacial score (nSPS) is 14.6. The second kappa shape index (κ2) is 6.04. The van der Waals surface area contributed by atoms with Crippen LogP contribution in [0, 0.1) is 10.1 Å². The number of nitrogens with one attached hydrogen (secondary N) is 1. The van der Waals surface area contributed by atoms with Gasteiger partial charge in [0.1, 0.15) is 6.61 Å². The van der Waals surface area contributed by atoms with Gasteiger partial charge < -0.3 is 20.0 Å². The van der Waals surface area contributed by atoms with Crippen LogP contribution in [0.5, 0.6) is 0 Å². The number of hydrogen-bond donors (Lipinski definition) is 1. The van der Waals surface area contributed by atoms with Crippen molar-refractivity contribution in [3.63, 3.8) is 0 Å². The van der Waals surface area contributed by atoms with Gasteiger partial charge in [0.15, 0.2) is 5.76 Å². The van der Waals surface area contributed by atoms with Crippen LogP contribution in [0.1, 0.15) is 12.0 Å². The summed E-state index contributed by atoms with van der Waals surface area (Å²) in [6.45, 7) is 0.143. The highest BCUT2D eigenvalue weighted by atomic mass is 16.6. The molecule has 0 atom stereocenters. The van der Waals surface area contributed by atoms with Crippen molar-refractivity contribution >= 4 is 17.6 Å². The number of nitro groups is 1. The van der Waals surface area contributed by atoms with Gasteiger partial charge in [-0.25, -0.2) is 0 Å². The third-order valence-corrected chi connectivity index (χ3v) is 2.92. The summed E-state index contributed by atoms with van der Waals surface area (Å²) in [5.74, 6) is -2.33. The first-order chi connectivity index (χ1) is 9.99. The number of amides is 1. The first kappa shape index (κ1) is 14.5. The molecule has 0 radical (unpaired) electrons. The summed E-state index contributed by atoms with van der Waals surface area (Å²) in [5.41, 5.74) is 0.327. The van der Waals surface area contributed by atoms with E-state index in [1.54, 1.807) is 0 Å². The predicted molar refractivity (Wildman–Crippen MR) is 67.5 cm³/mol. The number of nitrogens with zero attached hydrogens (tertiary/aromatic N) is 1. The predicted octanol–water partition coefficient (Wildman–Crippen LogP) is -0.365. The number of ether oxygens (including phenoxy) is 1. The molecule has 1 heterocycles. The first-order valence-electron chi connectivity index (χ1n) is 6.08. The summed E-state index contributed by atoms with van der Waals surface area (Å²) >= 11 is 0. The van der Waals surface area contributed by atoms with Crippen LogP contribution in [0.25, 0.3) is 0 Å². The number of non-ortho nitro benzene ring substituents is 1. The van der Waals surface area contributed by atoms with E-state index in [0.29, 0.717) is 5.56 Å². The second-order valence-corrected chi connectivity index (χ2v) is 4.31. The largest absolute Gasteiger partial charge is 0.545 e. The van der Waals surface area contributed by atoms with E-state index in [2.05, 4.69) is 5.32 Å². The minimum atomic E-state index is -1.44. The molecule has 0 saturated carbocycles. The number of carbonyl (C=O) groups excluding carboxylic acids is 2. The zero-order valence-electron chi connectivity index (χ0n) is 10.8. The van der Waals surface area contributed by atoms with Gasteiger partial charge in [0, 0.05) is 24.3 Å². The molecule has 0 aliphatic carbocycles. The molecule has 1 aromatic carbocycles. The molecule has 1 amide bonds. The summed E-state index contributed by atoms with van der Waals surface area (Å²) in [7, 11) is 0. The lowest BCUT2D eigenvalue weighted by atomic mass is 10.1. The van der Waals surface area contributed by atoms with Crippen molar-refractivity contribution < 1.29 is 24.4 Å². The lowest BCUT2D eigenvalue weighted by molar-refractivity contribution is -0.384. The van der Waals surface area contributed by atoms with Crippen LogP contribution in [0.4, 0.5) is 5.69 Å². The van der Waals surface area contributed by atoms with Crippen molar-refractivity contribution in [1.82, 2.24) is 5.32 Å². The average Bonchev–Trinajstić information content (AvgIpc) is 2.46. The molecule has 0 fully saturated rings. The number of carboxylic acid groups (broad SMARTS) is 1. The van der Waals surface area contributed by atoms with E-state index in [0.717, 1.165) is 0 Å². The molecule has 8 heteroatoms. The van der Waals surface area contributed by atoms with Gasteiger partial charge in [0.2, 0.25) is 0 Å². The van der Waals surface area contributed by atoms with E-state index in [4.69, 9.17) is 4.74 Å². The van der Waals surface area contributed by atoms with E-state index in [1.807, 2.05) is 0 Å². The molecule has 1 aromatic rings. The van der Waals surface area contributed by atoms with Crippen LogP contribution in [-0.4, -0.2) is 23.3 Å². The Morgan fingerprint density at radius 3 is 2.57 bits per heavy atom. The van der Waals surface area contributed by atoms with Gasteiger partial charge in [-0.1, -0.05) is 0 Å². The van der Waals surface area contributed by atoms with Gasteiger partial charge in [0.25, 0.3) is 11.6 Å². The van der Waals surface area contributed by atoms with E-state index in [1.165, 1.54) is 24.3 Å². The quantitative estimate of drug-likeness (QED) is 0.583. The van der Waals surface area contributed by atoms with Crippen LogP contribution < -0.4 is 10.4 Å². The fourth-order valence-electron chi connectivity index (χ4n) is 1.85. The number of hydrogen-bond acceptors (Lipinski definition) is 6. The molecule has 0 bridgehead atoms. The Bertz CT molecular complexity index is 620. The molecule has 21 heavy (non-hydrogen) atoms. The standard InChI is InChI=1S/C13H12N2O6/c16-12-11(10(13(17)18)5-6-14-12)21-7-8-1-3-9(4-2-8)15(19)20/h1-4H,5-7H2,(H,14,16)(H,17,18)/p-1. The summed E-state index contributed by atoms with van der Waals surface area (Å²) in [5, 5.41) is 23.9. The van der Waals surface area contributed by atoms with Crippen LogP contribution in [0.3, 0.4) is 0 Å². The van der Waals surface area contributed by atoms with E-state index in [9.17, 15) is 24.8 Å². The van der Waals surface area contributed by atoms with Gasteiger partial charge in [0.05, 0.1) is 10.9 Å². The molecular weight excluding hydrogens is 280 g/mol. The zero-order chi connectivity index (χ0) is 15.4. The lowest BCUT2D eigenvalue weighted by Crippen LogP contribution is -2.38. The van der Waals surface area contributed by atoms with E-state index < -0.39 is 16.8 Å². The Hall–Kier alpha value is -2.90. The third kappa shape index (κ3) is 3.35. The highest BCUT2D eigenvalue weighted by Gasteiger charge is 2.22. The van der Waals surface area contributed by atoms with Crippen LogP contribution in [0.2, 0.25) is 0 Å². The Kier molecular flexibility index (Phi) is 4.17. The third-order valence-electron chi connectivity index (χ3n) is 2.92. The molecule has 2 rings (SSSR count). The van der Waals surface area contributed by atoms with Gasteiger partial charge in [-0.2, -0.15) is 0 Å². The van der Waals surface area contributed by atoms with Crippen molar-refractivity contribution in [3.8, 4) is 0 Å². The monoisotopic (exact) mass is 291 g/mol. The fourth-order valence-corrected chi connectivity index (χ4v) is 1.85. The average molecular weight is 291 g/mol. The Morgan fingerprint density at radius 2 is 2.00 bits per heavy atom. The molecule has 1 aliphatic rings. The van der Waals surface area contributed by atoms with Gasteiger partial charge >= 0.3 is 0 Å². The molecule has 0 saturated heterocycles. The Balaban J connectivity index is 2.11. The SMILES string of the molecule is O=C([O-])C1=C(OCc2ccc([N+](=O)[O-])cc2)C(=O)NCC1. The van der Waals surface area contributed by atoms with Crippen LogP contribution >= 0.6 is 0 Å². The molecule has 0 spiro atoms.